The molecule has 1 aliphatic rings. The summed E-state index contributed by atoms with van der Waals surface area (Å²) in [6.07, 6.45) is 2.09. The van der Waals surface area contributed by atoms with E-state index in [-0.39, 0.29) is 6.04 Å². The molecule has 6 nitrogen and oxygen atoms in total. The first-order valence-corrected chi connectivity index (χ1v) is 10.2. The van der Waals surface area contributed by atoms with Crippen molar-refractivity contribution in [3.05, 3.63) is 94.4 Å². The Balaban J connectivity index is 1.52. The van der Waals surface area contributed by atoms with Crippen LogP contribution in [0.4, 0.5) is 0 Å². The van der Waals surface area contributed by atoms with Crippen LogP contribution in [0.3, 0.4) is 0 Å². The van der Waals surface area contributed by atoms with Crippen molar-refractivity contribution >= 4 is 17.6 Å². The minimum absolute atomic E-state index is 0.376. The second kappa shape index (κ2) is 8.60. The Kier molecular flexibility index (Phi) is 5.71. The molecule has 0 saturated carbocycles. The van der Waals surface area contributed by atoms with Crippen molar-refractivity contribution in [1.29, 1.82) is 0 Å². The summed E-state index contributed by atoms with van der Waals surface area (Å²) in [5.41, 5.74) is 5.24. The number of furan rings is 1. The molecule has 0 bridgehead atoms. The van der Waals surface area contributed by atoms with Crippen LogP contribution in [0.15, 0.2) is 70.4 Å². The number of esters is 1. The molecule has 6 heteroatoms. The number of amides is 1. The largest absolute Gasteiger partial charge is 0.467 e. The first kappa shape index (κ1) is 20.6. The number of nitrogens with zero attached hydrogens (tertiary/aromatic N) is 2. The maximum absolute atomic E-state index is 13.0. The lowest BCUT2D eigenvalue weighted by Gasteiger charge is -2.19. The summed E-state index contributed by atoms with van der Waals surface area (Å²) in [5.74, 6) is -0.294. The Morgan fingerprint density at radius 2 is 1.74 bits per heavy atom. The topological polar surface area (TPSA) is 72.1 Å². The average molecular weight is 416 g/mol. The van der Waals surface area contributed by atoms with Crippen LogP contribution in [0.25, 0.3) is 0 Å². The van der Waals surface area contributed by atoms with E-state index in [4.69, 9.17) is 9.15 Å². The lowest BCUT2D eigenvalue weighted by molar-refractivity contribution is -0.136. The van der Waals surface area contributed by atoms with Crippen LogP contribution in [0.1, 0.15) is 50.8 Å². The quantitative estimate of drug-likeness (QED) is 0.563. The van der Waals surface area contributed by atoms with E-state index in [9.17, 15) is 9.59 Å². The molecule has 0 saturated heterocycles. The molecular weight excluding hydrogens is 392 g/mol. The molecule has 1 aliphatic heterocycles. The number of carbonyl (C=O) groups is 2. The van der Waals surface area contributed by atoms with Gasteiger partial charge in [0.2, 0.25) is 0 Å². The highest BCUT2D eigenvalue weighted by atomic mass is 16.5. The van der Waals surface area contributed by atoms with E-state index >= 15 is 0 Å². The summed E-state index contributed by atoms with van der Waals surface area (Å²) < 4.78 is 10.9. The molecule has 2 heterocycles. The molecule has 0 fully saturated rings. The van der Waals surface area contributed by atoms with Gasteiger partial charge in [-0.25, -0.2) is 9.80 Å². The molecule has 31 heavy (non-hydrogen) atoms. The van der Waals surface area contributed by atoms with Gasteiger partial charge >= 0.3 is 5.97 Å². The fourth-order valence-corrected chi connectivity index (χ4v) is 3.73. The van der Waals surface area contributed by atoms with E-state index in [1.807, 2.05) is 57.2 Å². The van der Waals surface area contributed by atoms with Crippen molar-refractivity contribution in [2.45, 2.75) is 33.2 Å². The predicted molar refractivity (Wildman–Crippen MR) is 117 cm³/mol. The van der Waals surface area contributed by atoms with Crippen molar-refractivity contribution < 1.29 is 18.7 Å². The number of ether oxygens (including phenoxy) is 1. The molecule has 2 aromatic carbocycles. The van der Waals surface area contributed by atoms with E-state index in [1.54, 1.807) is 24.5 Å². The number of hydrogen-bond donors (Lipinski definition) is 0. The van der Waals surface area contributed by atoms with Crippen LogP contribution in [-0.2, 0) is 9.53 Å². The Bertz CT molecular complexity index is 1110. The molecule has 3 aromatic rings. The molecule has 1 amide bonds. The van der Waals surface area contributed by atoms with Crippen molar-refractivity contribution in [3.8, 4) is 0 Å². The van der Waals surface area contributed by atoms with Crippen LogP contribution >= 0.6 is 0 Å². The molecule has 0 N–H and O–H groups in total. The summed E-state index contributed by atoms with van der Waals surface area (Å²) in [6, 6.07) is 16.7. The van der Waals surface area contributed by atoms with Gasteiger partial charge in [-0.05, 0) is 50.6 Å². The third-order valence-electron chi connectivity index (χ3n) is 5.21. The normalized spacial score (nSPS) is 15.6. The van der Waals surface area contributed by atoms with Gasteiger partial charge in [-0.15, -0.1) is 0 Å². The lowest BCUT2D eigenvalue weighted by Crippen LogP contribution is -2.31. The van der Waals surface area contributed by atoms with E-state index in [0.717, 1.165) is 28.0 Å². The third kappa shape index (κ3) is 4.58. The first-order valence-electron chi connectivity index (χ1n) is 10.2. The Morgan fingerprint density at radius 1 is 1.03 bits per heavy atom. The zero-order chi connectivity index (χ0) is 22.0. The van der Waals surface area contributed by atoms with E-state index in [1.165, 1.54) is 5.01 Å². The fraction of sp³-hybridized carbons (Fsp3) is 0.240. The number of rotatable bonds is 5. The summed E-state index contributed by atoms with van der Waals surface area (Å²) in [6.45, 7) is 5.45. The highest BCUT2D eigenvalue weighted by Gasteiger charge is 2.35. The van der Waals surface area contributed by atoms with Crippen LogP contribution in [-0.4, -0.2) is 29.2 Å². The van der Waals surface area contributed by atoms with Crippen molar-refractivity contribution in [3.63, 3.8) is 0 Å². The highest BCUT2D eigenvalue weighted by Crippen LogP contribution is 2.33. The molecular formula is C25H24N2O4. The van der Waals surface area contributed by atoms with Crippen LogP contribution in [0.5, 0.6) is 0 Å². The molecule has 1 atom stereocenters. The summed E-state index contributed by atoms with van der Waals surface area (Å²) >= 11 is 0. The highest BCUT2D eigenvalue weighted by molar-refractivity contribution is 6.03. The minimum Gasteiger partial charge on any atom is -0.467 e. The standard InChI is InChI=1S/C25H24N2O4/c1-16-6-8-19(9-7-16)21-14-22(23-5-4-10-30-23)27(26-21)24(28)15-31-25(29)20-12-17(2)11-18(3)13-20/h4-13,22H,14-15H2,1-3H3/t22-/m0/s1. The zero-order valence-corrected chi connectivity index (χ0v) is 17.8. The maximum Gasteiger partial charge on any atom is 0.338 e. The molecule has 0 aliphatic carbocycles. The van der Waals surface area contributed by atoms with Gasteiger partial charge in [-0.3, -0.25) is 4.79 Å². The predicted octanol–water partition coefficient (Wildman–Crippen LogP) is 4.74. The van der Waals surface area contributed by atoms with E-state index in [2.05, 4.69) is 5.10 Å². The Labute approximate surface area is 181 Å². The summed E-state index contributed by atoms with van der Waals surface area (Å²) in [5, 5.41) is 5.92. The van der Waals surface area contributed by atoms with Gasteiger partial charge < -0.3 is 9.15 Å². The summed E-state index contributed by atoms with van der Waals surface area (Å²) in [4.78, 5) is 25.4. The molecule has 4 rings (SSSR count). The monoisotopic (exact) mass is 416 g/mol. The molecule has 0 radical (unpaired) electrons. The molecule has 158 valence electrons. The average Bonchev–Trinajstić information content (AvgIpc) is 3.41. The number of aryl methyl sites for hydroxylation is 3. The van der Waals surface area contributed by atoms with Crippen molar-refractivity contribution in [2.75, 3.05) is 6.61 Å². The van der Waals surface area contributed by atoms with Crippen LogP contribution in [0, 0.1) is 20.8 Å². The number of benzene rings is 2. The Hall–Kier alpha value is -3.67. The minimum atomic E-state index is -0.531. The molecule has 0 spiro atoms. The van der Waals surface area contributed by atoms with Gasteiger partial charge in [0, 0.05) is 6.42 Å². The van der Waals surface area contributed by atoms with Gasteiger partial charge in [0.1, 0.15) is 11.8 Å². The maximum atomic E-state index is 13.0. The van der Waals surface area contributed by atoms with Crippen LogP contribution in [0.2, 0.25) is 0 Å². The van der Waals surface area contributed by atoms with Crippen molar-refractivity contribution in [1.82, 2.24) is 5.01 Å². The second-order valence-electron chi connectivity index (χ2n) is 7.84. The first-order chi connectivity index (χ1) is 14.9. The van der Waals surface area contributed by atoms with Gasteiger partial charge in [0.25, 0.3) is 5.91 Å². The van der Waals surface area contributed by atoms with Crippen molar-refractivity contribution in [2.24, 2.45) is 5.10 Å². The number of hydrazone groups is 1. The van der Waals surface area contributed by atoms with E-state index in [0.29, 0.717) is 17.7 Å². The van der Waals surface area contributed by atoms with Gasteiger partial charge in [-0.2, -0.15) is 5.10 Å². The number of hydrogen-bond acceptors (Lipinski definition) is 5. The van der Waals surface area contributed by atoms with Gasteiger partial charge in [0.05, 0.1) is 17.5 Å². The fourth-order valence-electron chi connectivity index (χ4n) is 3.73. The molecule has 0 unspecified atom stereocenters. The zero-order valence-electron chi connectivity index (χ0n) is 17.8. The smallest absolute Gasteiger partial charge is 0.338 e. The third-order valence-corrected chi connectivity index (χ3v) is 5.21. The lowest BCUT2D eigenvalue weighted by atomic mass is 10.0. The SMILES string of the molecule is Cc1ccc(C2=NN(C(=O)COC(=O)c3cc(C)cc(C)c3)[C@H](c3ccco3)C2)cc1. The Morgan fingerprint density at radius 3 is 2.39 bits per heavy atom. The van der Waals surface area contributed by atoms with E-state index < -0.39 is 18.5 Å². The van der Waals surface area contributed by atoms with Gasteiger partial charge in [0.15, 0.2) is 6.61 Å². The number of carbonyl (C=O) groups excluding carboxylic acids is 2. The second-order valence-corrected chi connectivity index (χ2v) is 7.84. The van der Waals surface area contributed by atoms with Gasteiger partial charge in [-0.1, -0.05) is 47.0 Å². The van der Waals surface area contributed by atoms with Crippen LogP contribution < -0.4 is 0 Å². The molecule has 1 aromatic heterocycles. The summed E-state index contributed by atoms with van der Waals surface area (Å²) in [7, 11) is 0.